The number of carbonyl (C=O) groups is 1. The lowest BCUT2D eigenvalue weighted by Crippen LogP contribution is -2.40. The summed E-state index contributed by atoms with van der Waals surface area (Å²) < 4.78 is 1.03. The summed E-state index contributed by atoms with van der Waals surface area (Å²) in [5.41, 5.74) is 1.11. The summed E-state index contributed by atoms with van der Waals surface area (Å²) in [6, 6.07) is 7.97. The van der Waals surface area contributed by atoms with E-state index in [-0.39, 0.29) is 29.9 Å². The first kappa shape index (κ1) is 21.2. The molecule has 1 aromatic rings. The van der Waals surface area contributed by atoms with Crippen molar-refractivity contribution >= 4 is 51.8 Å². The van der Waals surface area contributed by atoms with Gasteiger partial charge in [0.1, 0.15) is 0 Å². The van der Waals surface area contributed by atoms with Crippen LogP contribution in [0.1, 0.15) is 24.8 Å². The minimum atomic E-state index is 0. The first-order valence-electron chi connectivity index (χ1n) is 8.02. The normalized spacial score (nSPS) is 13.9. The predicted octanol–water partition coefficient (Wildman–Crippen LogP) is 2.99. The Balaban J connectivity index is 0.00000288. The number of carbonyl (C=O) groups excluding carboxylic acids is 1. The molecule has 1 aliphatic carbocycles. The Bertz CT molecular complexity index is 563. The Morgan fingerprint density at radius 3 is 2.67 bits per heavy atom. The molecule has 5 nitrogen and oxygen atoms in total. The molecule has 0 aromatic heterocycles. The van der Waals surface area contributed by atoms with E-state index in [1.54, 1.807) is 11.9 Å². The first-order chi connectivity index (χ1) is 11.1. The molecule has 1 saturated carbocycles. The highest BCUT2D eigenvalue weighted by Gasteiger charge is 2.21. The van der Waals surface area contributed by atoms with Gasteiger partial charge in [0, 0.05) is 44.6 Å². The Morgan fingerprint density at radius 2 is 2.04 bits per heavy atom. The van der Waals surface area contributed by atoms with Crippen molar-refractivity contribution in [2.45, 2.75) is 25.8 Å². The van der Waals surface area contributed by atoms with E-state index in [1.807, 2.05) is 31.3 Å². The zero-order valence-corrected chi connectivity index (χ0v) is 18.1. The monoisotopic (exact) mass is 508 g/mol. The van der Waals surface area contributed by atoms with E-state index >= 15 is 0 Å². The molecule has 1 aliphatic rings. The van der Waals surface area contributed by atoms with Crippen LogP contribution in [0.25, 0.3) is 0 Å². The SMILES string of the molecule is CN=C(NCCC(=O)N(C)Cc1ccccc1Br)NCC1CC1.I. The smallest absolute Gasteiger partial charge is 0.224 e. The first-order valence-corrected chi connectivity index (χ1v) is 8.81. The van der Waals surface area contributed by atoms with Gasteiger partial charge in [-0.3, -0.25) is 9.79 Å². The van der Waals surface area contributed by atoms with Gasteiger partial charge in [-0.05, 0) is 30.4 Å². The Labute approximate surface area is 169 Å². The lowest BCUT2D eigenvalue weighted by molar-refractivity contribution is -0.130. The standard InChI is InChI=1S/C17H25BrN4O.HI/c1-19-17(21-11-13-7-8-13)20-10-9-16(23)22(2)12-14-5-3-4-6-15(14)18;/h3-6,13H,7-12H2,1-2H3,(H2,19,20,21);1H. The third kappa shape index (κ3) is 7.38. The molecular formula is C17H26BrIN4O. The molecule has 24 heavy (non-hydrogen) atoms. The maximum Gasteiger partial charge on any atom is 0.224 e. The number of rotatable bonds is 7. The third-order valence-corrected chi connectivity index (χ3v) is 4.67. The fraction of sp³-hybridized carbons (Fsp3) is 0.529. The number of hydrogen-bond donors (Lipinski definition) is 2. The van der Waals surface area contributed by atoms with E-state index in [9.17, 15) is 4.79 Å². The summed E-state index contributed by atoms with van der Waals surface area (Å²) in [5, 5.41) is 6.49. The predicted molar refractivity (Wildman–Crippen MR) is 113 cm³/mol. The average molecular weight is 509 g/mol. The second-order valence-corrected chi connectivity index (χ2v) is 6.77. The van der Waals surface area contributed by atoms with Crippen molar-refractivity contribution in [2.75, 3.05) is 27.2 Å². The molecule has 0 unspecified atom stereocenters. The Morgan fingerprint density at radius 1 is 1.33 bits per heavy atom. The summed E-state index contributed by atoms with van der Waals surface area (Å²) in [7, 11) is 3.59. The molecule has 0 saturated heterocycles. The van der Waals surface area contributed by atoms with Crippen LogP contribution in [-0.4, -0.2) is 44.0 Å². The molecule has 0 spiro atoms. The van der Waals surface area contributed by atoms with E-state index in [4.69, 9.17) is 0 Å². The lowest BCUT2D eigenvalue weighted by Gasteiger charge is -2.19. The Kier molecular flexibility index (Phi) is 9.65. The van der Waals surface area contributed by atoms with Crippen molar-refractivity contribution in [1.29, 1.82) is 0 Å². The van der Waals surface area contributed by atoms with E-state index in [2.05, 4.69) is 31.6 Å². The molecule has 134 valence electrons. The second-order valence-electron chi connectivity index (χ2n) is 5.91. The fourth-order valence-electron chi connectivity index (χ4n) is 2.23. The van der Waals surface area contributed by atoms with Crippen LogP contribution in [0.3, 0.4) is 0 Å². The molecule has 1 aromatic carbocycles. The van der Waals surface area contributed by atoms with Gasteiger partial charge in [0.05, 0.1) is 0 Å². The molecule has 1 amide bonds. The zero-order chi connectivity index (χ0) is 16.7. The molecule has 0 aliphatic heterocycles. The number of halogens is 2. The molecule has 0 heterocycles. The van der Waals surface area contributed by atoms with Gasteiger partial charge >= 0.3 is 0 Å². The highest BCUT2D eigenvalue weighted by molar-refractivity contribution is 14.0. The highest BCUT2D eigenvalue weighted by atomic mass is 127. The quantitative estimate of drug-likeness (QED) is 0.338. The summed E-state index contributed by atoms with van der Waals surface area (Å²) in [6.07, 6.45) is 3.07. The maximum absolute atomic E-state index is 12.2. The van der Waals surface area contributed by atoms with E-state index in [1.165, 1.54) is 12.8 Å². The van der Waals surface area contributed by atoms with Crippen LogP contribution in [0.5, 0.6) is 0 Å². The highest BCUT2D eigenvalue weighted by Crippen LogP contribution is 2.27. The van der Waals surface area contributed by atoms with Crippen molar-refractivity contribution < 1.29 is 4.79 Å². The number of nitrogens with one attached hydrogen (secondary N) is 2. The van der Waals surface area contributed by atoms with E-state index in [0.29, 0.717) is 19.5 Å². The van der Waals surface area contributed by atoms with Crippen molar-refractivity contribution in [1.82, 2.24) is 15.5 Å². The average Bonchev–Trinajstić information content (AvgIpc) is 3.36. The van der Waals surface area contributed by atoms with Crippen molar-refractivity contribution in [3.63, 3.8) is 0 Å². The topological polar surface area (TPSA) is 56.7 Å². The zero-order valence-electron chi connectivity index (χ0n) is 14.2. The number of benzene rings is 1. The number of guanidine groups is 1. The van der Waals surface area contributed by atoms with E-state index < -0.39 is 0 Å². The molecule has 2 N–H and O–H groups in total. The van der Waals surface area contributed by atoms with Crippen molar-refractivity contribution in [2.24, 2.45) is 10.9 Å². The number of amides is 1. The van der Waals surface area contributed by atoms with E-state index in [0.717, 1.165) is 28.5 Å². The van der Waals surface area contributed by atoms with Crippen LogP contribution >= 0.6 is 39.9 Å². The van der Waals surface area contributed by atoms with Gasteiger partial charge in [-0.1, -0.05) is 34.1 Å². The van der Waals surface area contributed by atoms with Crippen LogP contribution in [0, 0.1) is 5.92 Å². The number of hydrogen-bond acceptors (Lipinski definition) is 2. The van der Waals surface area contributed by atoms with Crippen molar-refractivity contribution in [3.05, 3.63) is 34.3 Å². The van der Waals surface area contributed by atoms with Gasteiger partial charge in [-0.25, -0.2) is 0 Å². The molecule has 7 heteroatoms. The van der Waals surface area contributed by atoms with Crippen LogP contribution in [-0.2, 0) is 11.3 Å². The molecular weight excluding hydrogens is 483 g/mol. The molecule has 0 atom stereocenters. The number of nitrogens with zero attached hydrogens (tertiary/aromatic N) is 2. The summed E-state index contributed by atoms with van der Waals surface area (Å²) >= 11 is 3.51. The number of aliphatic imine (C=N–C) groups is 1. The summed E-state index contributed by atoms with van der Waals surface area (Å²) in [4.78, 5) is 18.1. The van der Waals surface area contributed by atoms with Gasteiger partial charge in [-0.15, -0.1) is 24.0 Å². The van der Waals surface area contributed by atoms with Crippen LogP contribution in [0.2, 0.25) is 0 Å². The van der Waals surface area contributed by atoms with Crippen molar-refractivity contribution in [3.8, 4) is 0 Å². The summed E-state index contributed by atoms with van der Waals surface area (Å²) in [5.74, 6) is 1.69. The van der Waals surface area contributed by atoms with Gasteiger partial charge in [-0.2, -0.15) is 0 Å². The fourth-order valence-corrected chi connectivity index (χ4v) is 2.64. The summed E-state index contributed by atoms with van der Waals surface area (Å²) in [6.45, 7) is 2.16. The molecule has 0 radical (unpaired) electrons. The molecule has 0 bridgehead atoms. The van der Waals surface area contributed by atoms with Gasteiger partial charge in [0.15, 0.2) is 5.96 Å². The molecule has 1 fully saturated rings. The largest absolute Gasteiger partial charge is 0.356 e. The van der Waals surface area contributed by atoms with Gasteiger partial charge in [0.2, 0.25) is 5.91 Å². The van der Waals surface area contributed by atoms with Crippen LogP contribution in [0.4, 0.5) is 0 Å². The van der Waals surface area contributed by atoms with Gasteiger partial charge < -0.3 is 15.5 Å². The molecule has 2 rings (SSSR count). The Hall–Kier alpha value is -0.830. The van der Waals surface area contributed by atoms with Crippen LogP contribution < -0.4 is 10.6 Å². The second kappa shape index (κ2) is 10.9. The van der Waals surface area contributed by atoms with Crippen LogP contribution in [0.15, 0.2) is 33.7 Å². The third-order valence-electron chi connectivity index (χ3n) is 3.90. The minimum Gasteiger partial charge on any atom is -0.356 e. The minimum absolute atomic E-state index is 0. The maximum atomic E-state index is 12.2. The lowest BCUT2D eigenvalue weighted by atomic mass is 10.2. The van der Waals surface area contributed by atoms with Gasteiger partial charge in [0.25, 0.3) is 0 Å².